The minimum atomic E-state index is -0.209. The number of primary amides is 1. The van der Waals surface area contributed by atoms with E-state index in [1.807, 2.05) is 16.9 Å². The first-order valence-electron chi connectivity index (χ1n) is 5.28. The van der Waals surface area contributed by atoms with E-state index >= 15 is 0 Å². The summed E-state index contributed by atoms with van der Waals surface area (Å²) in [5.41, 5.74) is 5.20. The van der Waals surface area contributed by atoms with Gasteiger partial charge in [0.1, 0.15) is 0 Å². The molecule has 2 N–H and O–H groups in total. The van der Waals surface area contributed by atoms with Gasteiger partial charge in [-0.25, -0.2) is 0 Å². The first kappa shape index (κ1) is 10.0. The Kier molecular flexibility index (Phi) is 2.62. The van der Waals surface area contributed by atoms with Gasteiger partial charge in [-0.05, 0) is 6.42 Å². The molecule has 0 unspecified atom stereocenters. The van der Waals surface area contributed by atoms with E-state index in [9.17, 15) is 4.79 Å². The summed E-state index contributed by atoms with van der Waals surface area (Å²) >= 11 is 0. The van der Waals surface area contributed by atoms with E-state index in [4.69, 9.17) is 5.73 Å². The highest BCUT2D eigenvalue weighted by Gasteiger charge is 2.32. The first-order valence-corrected chi connectivity index (χ1v) is 5.28. The van der Waals surface area contributed by atoms with E-state index in [1.165, 1.54) is 0 Å². The fourth-order valence-corrected chi connectivity index (χ4v) is 1.72. The van der Waals surface area contributed by atoms with E-state index in [2.05, 4.69) is 16.9 Å². The second kappa shape index (κ2) is 3.92. The highest BCUT2D eigenvalue weighted by Crippen LogP contribution is 2.22. The van der Waals surface area contributed by atoms with Gasteiger partial charge in [0.05, 0.1) is 5.92 Å². The molecule has 1 amide bonds. The molecule has 1 aliphatic heterocycles. The van der Waals surface area contributed by atoms with Gasteiger partial charge in [-0.1, -0.05) is 6.92 Å². The predicted molar refractivity (Wildman–Crippen MR) is 57.4 cm³/mol. The lowest BCUT2D eigenvalue weighted by Crippen LogP contribution is -2.52. The van der Waals surface area contributed by atoms with Crippen LogP contribution in [-0.4, -0.2) is 28.8 Å². The number of rotatable bonds is 4. The summed E-state index contributed by atoms with van der Waals surface area (Å²) in [7, 11) is 0. The molecule has 2 heterocycles. The Bertz CT molecular complexity index is 354. The van der Waals surface area contributed by atoms with Gasteiger partial charge in [0.25, 0.3) is 0 Å². The fraction of sp³-hybridized carbons (Fsp3) is 0.600. The molecule has 0 spiro atoms. The van der Waals surface area contributed by atoms with Crippen LogP contribution in [0, 0.1) is 5.92 Å². The minimum absolute atomic E-state index is 0.00123. The van der Waals surface area contributed by atoms with Gasteiger partial charge in [0.2, 0.25) is 5.91 Å². The van der Waals surface area contributed by atoms with Crippen LogP contribution in [0.15, 0.2) is 12.3 Å². The van der Waals surface area contributed by atoms with Gasteiger partial charge in [-0.2, -0.15) is 5.10 Å². The summed E-state index contributed by atoms with van der Waals surface area (Å²) in [5.74, 6) is 0.738. The molecule has 1 aromatic rings. The molecule has 1 aromatic heterocycles. The first-order chi connectivity index (χ1) is 7.20. The number of hydrogen-bond acceptors (Lipinski definition) is 3. The molecular formula is C10H16N4O. The SMILES string of the molecule is CCCn1ccc(N2CC(C(N)=O)C2)n1. The molecule has 0 saturated carbocycles. The highest BCUT2D eigenvalue weighted by molar-refractivity contribution is 5.79. The molecule has 0 atom stereocenters. The fourth-order valence-electron chi connectivity index (χ4n) is 1.72. The number of anilines is 1. The summed E-state index contributed by atoms with van der Waals surface area (Å²) in [5, 5.41) is 4.41. The predicted octanol–water partition coefficient (Wildman–Crippen LogP) is 0.215. The van der Waals surface area contributed by atoms with E-state index in [-0.39, 0.29) is 11.8 Å². The van der Waals surface area contributed by atoms with Gasteiger partial charge in [-0.3, -0.25) is 9.48 Å². The molecule has 82 valence electrons. The van der Waals surface area contributed by atoms with E-state index in [1.54, 1.807) is 0 Å². The zero-order chi connectivity index (χ0) is 10.8. The molecule has 15 heavy (non-hydrogen) atoms. The molecule has 0 bridgehead atoms. The number of aromatic nitrogens is 2. The van der Waals surface area contributed by atoms with Gasteiger partial charge in [-0.15, -0.1) is 0 Å². The second-order valence-electron chi connectivity index (χ2n) is 3.94. The summed E-state index contributed by atoms with van der Waals surface area (Å²) in [6.07, 6.45) is 3.04. The Morgan fingerprint density at radius 1 is 1.67 bits per heavy atom. The Hall–Kier alpha value is -1.52. The Balaban J connectivity index is 1.92. The number of hydrogen-bond donors (Lipinski definition) is 1. The summed E-state index contributed by atoms with van der Waals surface area (Å²) < 4.78 is 1.92. The highest BCUT2D eigenvalue weighted by atomic mass is 16.1. The zero-order valence-corrected chi connectivity index (χ0v) is 8.89. The Morgan fingerprint density at radius 3 is 3.00 bits per heavy atom. The Labute approximate surface area is 88.8 Å². The molecule has 1 fully saturated rings. The average molecular weight is 208 g/mol. The molecule has 1 aliphatic rings. The number of nitrogens with zero attached hydrogens (tertiary/aromatic N) is 3. The lowest BCUT2D eigenvalue weighted by molar-refractivity contribution is -0.122. The van der Waals surface area contributed by atoms with Gasteiger partial charge >= 0.3 is 0 Å². The maximum Gasteiger partial charge on any atom is 0.224 e. The van der Waals surface area contributed by atoms with Crippen LogP contribution in [0.4, 0.5) is 5.82 Å². The van der Waals surface area contributed by atoms with Crippen molar-refractivity contribution in [3.05, 3.63) is 12.3 Å². The van der Waals surface area contributed by atoms with Gasteiger partial charge in [0, 0.05) is 31.9 Å². The second-order valence-corrected chi connectivity index (χ2v) is 3.94. The van der Waals surface area contributed by atoms with Crippen LogP contribution >= 0.6 is 0 Å². The third kappa shape index (κ3) is 1.95. The number of aryl methyl sites for hydroxylation is 1. The van der Waals surface area contributed by atoms with Gasteiger partial charge in [0.15, 0.2) is 5.82 Å². The van der Waals surface area contributed by atoms with Crippen molar-refractivity contribution in [2.24, 2.45) is 11.7 Å². The smallest absolute Gasteiger partial charge is 0.224 e. The maximum absolute atomic E-state index is 10.8. The monoisotopic (exact) mass is 208 g/mol. The van der Waals surface area contributed by atoms with Crippen LogP contribution in [0.5, 0.6) is 0 Å². The largest absolute Gasteiger partial charge is 0.369 e. The third-order valence-electron chi connectivity index (χ3n) is 2.69. The average Bonchev–Trinajstić information content (AvgIpc) is 2.50. The number of carbonyl (C=O) groups is 1. The number of nitrogens with two attached hydrogens (primary N) is 1. The summed E-state index contributed by atoms with van der Waals surface area (Å²) in [6.45, 7) is 4.47. The summed E-state index contributed by atoms with van der Waals surface area (Å²) in [4.78, 5) is 12.9. The maximum atomic E-state index is 10.8. The third-order valence-corrected chi connectivity index (χ3v) is 2.69. The van der Waals surface area contributed by atoms with Crippen molar-refractivity contribution < 1.29 is 4.79 Å². The molecule has 0 radical (unpaired) electrons. The number of amides is 1. The molecule has 5 nitrogen and oxygen atoms in total. The van der Waals surface area contributed by atoms with Crippen molar-refractivity contribution in [3.8, 4) is 0 Å². The van der Waals surface area contributed by atoms with Crippen LogP contribution in [0.1, 0.15) is 13.3 Å². The van der Waals surface area contributed by atoms with Crippen LogP contribution in [0.3, 0.4) is 0 Å². The van der Waals surface area contributed by atoms with Crippen LogP contribution in [0.2, 0.25) is 0 Å². The van der Waals surface area contributed by atoms with E-state index in [0.29, 0.717) is 13.1 Å². The van der Waals surface area contributed by atoms with E-state index in [0.717, 1.165) is 18.8 Å². The molecule has 5 heteroatoms. The van der Waals surface area contributed by atoms with Crippen LogP contribution < -0.4 is 10.6 Å². The van der Waals surface area contributed by atoms with E-state index < -0.39 is 0 Å². The lowest BCUT2D eigenvalue weighted by Gasteiger charge is -2.37. The molecular weight excluding hydrogens is 192 g/mol. The topological polar surface area (TPSA) is 64.2 Å². The Morgan fingerprint density at radius 2 is 2.40 bits per heavy atom. The van der Waals surface area contributed by atoms with Crippen molar-refractivity contribution in [2.45, 2.75) is 19.9 Å². The van der Waals surface area contributed by atoms with Crippen molar-refractivity contribution >= 4 is 11.7 Å². The number of carbonyl (C=O) groups excluding carboxylic acids is 1. The minimum Gasteiger partial charge on any atom is -0.369 e. The summed E-state index contributed by atoms with van der Waals surface area (Å²) in [6, 6.07) is 1.98. The standard InChI is InChI=1S/C10H16N4O/c1-2-4-14-5-3-9(12-14)13-6-8(7-13)10(11)15/h3,5,8H,2,4,6-7H2,1H3,(H2,11,15). The normalized spacial score (nSPS) is 16.5. The van der Waals surface area contributed by atoms with Crippen molar-refractivity contribution in [1.82, 2.24) is 9.78 Å². The lowest BCUT2D eigenvalue weighted by atomic mass is 10.00. The molecule has 0 aromatic carbocycles. The molecule has 0 aliphatic carbocycles. The van der Waals surface area contributed by atoms with Crippen LogP contribution in [-0.2, 0) is 11.3 Å². The van der Waals surface area contributed by atoms with Crippen molar-refractivity contribution in [2.75, 3.05) is 18.0 Å². The molecule has 1 saturated heterocycles. The van der Waals surface area contributed by atoms with Crippen LogP contribution in [0.25, 0.3) is 0 Å². The zero-order valence-electron chi connectivity index (χ0n) is 8.89. The quantitative estimate of drug-likeness (QED) is 0.769. The van der Waals surface area contributed by atoms with Crippen molar-refractivity contribution in [1.29, 1.82) is 0 Å². The molecule has 2 rings (SSSR count). The van der Waals surface area contributed by atoms with Gasteiger partial charge < -0.3 is 10.6 Å². The van der Waals surface area contributed by atoms with Crippen molar-refractivity contribution in [3.63, 3.8) is 0 Å².